The fourth-order valence-electron chi connectivity index (χ4n) is 2.81. The second-order valence-electron chi connectivity index (χ2n) is 6.30. The summed E-state index contributed by atoms with van der Waals surface area (Å²) in [6, 6.07) is 9.11. The molecule has 0 unspecified atom stereocenters. The molecule has 0 bridgehead atoms. The molecule has 0 spiro atoms. The molecule has 0 atom stereocenters. The lowest BCUT2D eigenvalue weighted by Crippen LogP contribution is -2.24. The topological polar surface area (TPSA) is 114 Å². The van der Waals surface area contributed by atoms with Crippen LogP contribution in [0.3, 0.4) is 0 Å². The highest BCUT2D eigenvalue weighted by molar-refractivity contribution is 7.92. The number of anilines is 2. The van der Waals surface area contributed by atoms with E-state index in [9.17, 15) is 18.0 Å². The van der Waals surface area contributed by atoms with Gasteiger partial charge in [0.15, 0.2) is 0 Å². The molecule has 28 heavy (non-hydrogen) atoms. The largest absolute Gasteiger partial charge is 0.491 e. The van der Waals surface area contributed by atoms with Gasteiger partial charge in [-0.05, 0) is 48.9 Å². The highest BCUT2D eigenvalue weighted by Gasteiger charge is 2.21. The van der Waals surface area contributed by atoms with Gasteiger partial charge in [-0.3, -0.25) is 14.3 Å². The Balaban J connectivity index is 1.86. The van der Waals surface area contributed by atoms with Crippen LogP contribution in [0.5, 0.6) is 5.75 Å². The number of carbonyl (C=O) groups is 2. The summed E-state index contributed by atoms with van der Waals surface area (Å²) in [4.78, 5) is 23.7. The molecule has 2 amide bonds. The van der Waals surface area contributed by atoms with Crippen molar-refractivity contribution in [1.82, 2.24) is 5.32 Å². The van der Waals surface area contributed by atoms with Gasteiger partial charge in [-0.1, -0.05) is 6.92 Å². The number of hydrogen-bond donors (Lipinski definition) is 3. The van der Waals surface area contributed by atoms with Gasteiger partial charge in [-0.15, -0.1) is 0 Å². The summed E-state index contributed by atoms with van der Waals surface area (Å²) in [5.74, 6) is -0.0653. The Hall–Kier alpha value is -3.07. The average molecular weight is 403 g/mol. The molecule has 3 N–H and O–H groups in total. The predicted octanol–water partition coefficient (Wildman–Crippen LogP) is 2.27. The van der Waals surface area contributed by atoms with Crippen molar-refractivity contribution in [3.05, 3.63) is 47.5 Å². The van der Waals surface area contributed by atoms with E-state index in [0.29, 0.717) is 36.6 Å². The zero-order chi connectivity index (χ0) is 20.3. The highest BCUT2D eigenvalue weighted by atomic mass is 32.2. The quantitative estimate of drug-likeness (QED) is 0.709. The number of sulfonamides is 1. The van der Waals surface area contributed by atoms with Gasteiger partial charge in [0, 0.05) is 17.8 Å². The lowest BCUT2D eigenvalue weighted by atomic mass is 10.1. The number of amides is 2. The maximum Gasteiger partial charge on any atom is 0.262 e. The van der Waals surface area contributed by atoms with Crippen molar-refractivity contribution in [2.24, 2.45) is 0 Å². The molecule has 2 aromatic carbocycles. The highest BCUT2D eigenvalue weighted by Crippen LogP contribution is 2.27. The SMILES string of the molecule is CCC(=O)Nc1ccc(S(=O)(=O)Nc2ccc3c(c2)C(=O)NCCO3)c(C)c1. The lowest BCUT2D eigenvalue weighted by Gasteiger charge is -2.13. The van der Waals surface area contributed by atoms with Crippen molar-refractivity contribution in [1.29, 1.82) is 0 Å². The number of carbonyl (C=O) groups excluding carboxylic acids is 2. The molecular weight excluding hydrogens is 382 g/mol. The molecule has 0 saturated carbocycles. The third kappa shape index (κ3) is 4.25. The van der Waals surface area contributed by atoms with Gasteiger partial charge in [0.25, 0.3) is 15.9 Å². The van der Waals surface area contributed by atoms with E-state index in [2.05, 4.69) is 15.4 Å². The smallest absolute Gasteiger partial charge is 0.262 e. The minimum atomic E-state index is -3.88. The second-order valence-corrected chi connectivity index (χ2v) is 7.95. The minimum absolute atomic E-state index is 0.0811. The Morgan fingerprint density at radius 3 is 2.64 bits per heavy atom. The van der Waals surface area contributed by atoms with E-state index in [4.69, 9.17) is 4.74 Å². The Labute approximate surface area is 163 Å². The molecule has 9 heteroatoms. The monoisotopic (exact) mass is 403 g/mol. The number of benzene rings is 2. The molecule has 1 heterocycles. The Kier molecular flexibility index (Phi) is 5.55. The molecule has 8 nitrogen and oxygen atoms in total. The number of rotatable bonds is 5. The zero-order valence-electron chi connectivity index (χ0n) is 15.5. The molecule has 2 aromatic rings. The molecule has 148 valence electrons. The van der Waals surface area contributed by atoms with Gasteiger partial charge in [0.05, 0.1) is 17.0 Å². The van der Waals surface area contributed by atoms with E-state index in [1.54, 1.807) is 32.0 Å². The third-order valence-corrected chi connectivity index (χ3v) is 5.73. The maximum atomic E-state index is 12.8. The van der Waals surface area contributed by atoms with E-state index in [0.717, 1.165) is 0 Å². The average Bonchev–Trinajstić information content (AvgIpc) is 2.82. The first-order valence-corrected chi connectivity index (χ1v) is 10.3. The van der Waals surface area contributed by atoms with Crippen LogP contribution in [-0.4, -0.2) is 33.4 Å². The summed E-state index contributed by atoms with van der Waals surface area (Å²) >= 11 is 0. The Morgan fingerprint density at radius 2 is 1.93 bits per heavy atom. The van der Waals surface area contributed by atoms with Gasteiger partial charge in [-0.25, -0.2) is 8.42 Å². The molecule has 0 saturated heterocycles. The van der Waals surface area contributed by atoms with Crippen molar-refractivity contribution >= 4 is 33.2 Å². The Morgan fingerprint density at radius 1 is 1.18 bits per heavy atom. The van der Waals surface area contributed by atoms with Crippen LogP contribution in [0.4, 0.5) is 11.4 Å². The molecule has 0 aromatic heterocycles. The molecule has 1 aliphatic rings. The van der Waals surface area contributed by atoms with Crippen LogP contribution in [0.1, 0.15) is 29.3 Å². The van der Waals surface area contributed by atoms with Crippen molar-refractivity contribution in [2.45, 2.75) is 25.2 Å². The lowest BCUT2D eigenvalue weighted by molar-refractivity contribution is -0.115. The minimum Gasteiger partial charge on any atom is -0.491 e. The van der Waals surface area contributed by atoms with E-state index >= 15 is 0 Å². The van der Waals surface area contributed by atoms with Crippen LogP contribution in [-0.2, 0) is 14.8 Å². The maximum absolute atomic E-state index is 12.8. The van der Waals surface area contributed by atoms with E-state index < -0.39 is 10.0 Å². The molecular formula is C19H21N3O5S. The van der Waals surface area contributed by atoms with E-state index in [1.807, 2.05) is 0 Å². The molecule has 1 aliphatic heterocycles. The van der Waals surface area contributed by atoms with Crippen molar-refractivity contribution in [3.8, 4) is 5.75 Å². The summed E-state index contributed by atoms with van der Waals surface area (Å²) in [6.45, 7) is 4.11. The number of nitrogens with one attached hydrogen (secondary N) is 3. The van der Waals surface area contributed by atoms with E-state index in [1.165, 1.54) is 18.2 Å². The van der Waals surface area contributed by atoms with Crippen LogP contribution in [0, 0.1) is 6.92 Å². The number of aryl methyl sites for hydroxylation is 1. The standard InChI is InChI=1S/C19H21N3O5S/c1-3-18(23)21-13-5-7-17(12(2)10-13)28(25,26)22-14-4-6-16-15(11-14)19(24)20-8-9-27-16/h4-7,10-11,22H,3,8-9H2,1-2H3,(H,20,24)(H,21,23). The Bertz CT molecular complexity index is 1030. The number of fused-ring (bicyclic) bond motifs is 1. The molecule has 0 radical (unpaired) electrons. The van der Waals surface area contributed by atoms with Crippen molar-refractivity contribution < 1.29 is 22.7 Å². The molecule has 3 rings (SSSR count). The van der Waals surface area contributed by atoms with Crippen LogP contribution in [0.25, 0.3) is 0 Å². The summed E-state index contributed by atoms with van der Waals surface area (Å²) in [5.41, 5.74) is 1.54. The van der Waals surface area contributed by atoms with Crippen LogP contribution in [0.15, 0.2) is 41.3 Å². The number of hydrogen-bond acceptors (Lipinski definition) is 5. The first-order valence-electron chi connectivity index (χ1n) is 8.78. The van der Waals surface area contributed by atoms with Crippen LogP contribution < -0.4 is 20.1 Å². The van der Waals surface area contributed by atoms with Crippen LogP contribution in [0.2, 0.25) is 0 Å². The fourth-order valence-corrected chi connectivity index (χ4v) is 4.08. The van der Waals surface area contributed by atoms with Gasteiger partial charge in [0.1, 0.15) is 12.4 Å². The summed E-state index contributed by atoms with van der Waals surface area (Å²) in [7, 11) is -3.88. The fraction of sp³-hybridized carbons (Fsp3) is 0.263. The van der Waals surface area contributed by atoms with Crippen molar-refractivity contribution in [3.63, 3.8) is 0 Å². The first-order chi connectivity index (χ1) is 13.3. The molecule has 0 fully saturated rings. The van der Waals surface area contributed by atoms with E-state index in [-0.39, 0.29) is 28.0 Å². The van der Waals surface area contributed by atoms with Gasteiger partial charge in [-0.2, -0.15) is 0 Å². The predicted molar refractivity (Wildman–Crippen MR) is 105 cm³/mol. The van der Waals surface area contributed by atoms with Gasteiger partial charge in [0.2, 0.25) is 5.91 Å². The van der Waals surface area contributed by atoms with Crippen LogP contribution >= 0.6 is 0 Å². The summed E-state index contributed by atoms with van der Waals surface area (Å²) < 4.78 is 33.6. The first kappa shape index (κ1) is 19.7. The van der Waals surface area contributed by atoms with Gasteiger partial charge >= 0.3 is 0 Å². The summed E-state index contributed by atoms with van der Waals surface area (Å²) in [6.07, 6.45) is 0.330. The zero-order valence-corrected chi connectivity index (χ0v) is 16.4. The second kappa shape index (κ2) is 7.89. The van der Waals surface area contributed by atoms with Gasteiger partial charge < -0.3 is 15.4 Å². The number of ether oxygens (including phenoxy) is 1. The van der Waals surface area contributed by atoms with Crippen molar-refractivity contribution in [2.75, 3.05) is 23.2 Å². The third-order valence-electron chi connectivity index (χ3n) is 4.19. The molecule has 0 aliphatic carbocycles. The normalized spacial score (nSPS) is 13.6. The summed E-state index contributed by atoms with van der Waals surface area (Å²) in [5, 5.41) is 5.38.